The van der Waals surface area contributed by atoms with Gasteiger partial charge in [0.1, 0.15) is 11.4 Å². The van der Waals surface area contributed by atoms with Crippen LogP contribution in [0.5, 0.6) is 0 Å². The standard InChI is InChI=1S/C28H33N7/c1-12-23(26-20(9)29-14(3)17(6)32-26)13(2)25(28-22(11)31-16(5)19(8)34-28)35-24(12)27-21(10)30-15(4)18(7)33-27/h1-11H3. The minimum absolute atomic E-state index is 0.775. The zero-order valence-electron chi connectivity index (χ0n) is 22.6. The Labute approximate surface area is 207 Å². The average molecular weight is 468 g/mol. The van der Waals surface area contributed by atoms with E-state index >= 15 is 0 Å². The molecule has 0 N–H and O–H groups in total. The fourth-order valence-corrected chi connectivity index (χ4v) is 4.44. The average Bonchev–Trinajstić information content (AvgIpc) is 2.78. The first-order valence-electron chi connectivity index (χ1n) is 11.9. The Balaban J connectivity index is 2.17. The Kier molecular flexibility index (Phi) is 6.21. The number of pyridine rings is 1. The van der Waals surface area contributed by atoms with Crippen LogP contribution in [-0.4, -0.2) is 34.9 Å². The van der Waals surface area contributed by atoms with Crippen LogP contribution in [-0.2, 0) is 0 Å². The highest BCUT2D eigenvalue weighted by Crippen LogP contribution is 2.39. The Morgan fingerprint density at radius 3 is 0.914 bits per heavy atom. The lowest BCUT2D eigenvalue weighted by atomic mass is 9.93. The van der Waals surface area contributed by atoms with Gasteiger partial charge in [0.15, 0.2) is 0 Å². The Bertz CT molecular complexity index is 1420. The second-order valence-corrected chi connectivity index (χ2v) is 9.42. The van der Waals surface area contributed by atoms with E-state index < -0.39 is 0 Å². The largest absolute Gasteiger partial charge is 0.254 e. The molecular weight excluding hydrogens is 434 g/mol. The highest BCUT2D eigenvalue weighted by Gasteiger charge is 2.25. The van der Waals surface area contributed by atoms with E-state index in [1.165, 1.54) is 0 Å². The number of rotatable bonds is 3. The van der Waals surface area contributed by atoms with Gasteiger partial charge in [-0.2, -0.15) is 0 Å². The van der Waals surface area contributed by atoms with Crippen LogP contribution in [0.3, 0.4) is 0 Å². The minimum atomic E-state index is 0.775. The van der Waals surface area contributed by atoms with Crippen molar-refractivity contribution in [2.45, 2.75) is 76.2 Å². The van der Waals surface area contributed by atoms with Crippen LogP contribution in [0.2, 0.25) is 0 Å². The van der Waals surface area contributed by atoms with Crippen molar-refractivity contribution >= 4 is 0 Å². The molecular formula is C28H33N7. The van der Waals surface area contributed by atoms with Gasteiger partial charge in [0, 0.05) is 5.56 Å². The van der Waals surface area contributed by atoms with Crippen LogP contribution in [0.4, 0.5) is 0 Å². The molecule has 7 heteroatoms. The van der Waals surface area contributed by atoms with Crippen LogP contribution < -0.4 is 0 Å². The zero-order valence-corrected chi connectivity index (χ0v) is 22.6. The summed E-state index contributed by atoms with van der Waals surface area (Å²) in [4.78, 5) is 34.3. The zero-order chi connectivity index (χ0) is 25.8. The number of aryl methyl sites for hydroxylation is 9. The lowest BCUT2D eigenvalue weighted by Crippen LogP contribution is -2.09. The molecule has 180 valence electrons. The number of hydrogen-bond donors (Lipinski definition) is 0. The molecule has 0 aliphatic rings. The number of hydrogen-bond acceptors (Lipinski definition) is 7. The topological polar surface area (TPSA) is 90.2 Å². The van der Waals surface area contributed by atoms with E-state index in [2.05, 4.69) is 13.8 Å². The molecule has 7 nitrogen and oxygen atoms in total. The van der Waals surface area contributed by atoms with Gasteiger partial charge in [-0.3, -0.25) is 15.0 Å². The smallest absolute Gasteiger partial charge is 0.110 e. The van der Waals surface area contributed by atoms with Crippen LogP contribution >= 0.6 is 0 Å². The van der Waals surface area contributed by atoms with Crippen LogP contribution in [0, 0.1) is 76.2 Å². The highest BCUT2D eigenvalue weighted by atomic mass is 14.9. The van der Waals surface area contributed by atoms with Gasteiger partial charge >= 0.3 is 0 Å². The quantitative estimate of drug-likeness (QED) is 0.373. The number of aromatic nitrogens is 7. The van der Waals surface area contributed by atoms with Gasteiger partial charge in [-0.25, -0.2) is 19.9 Å². The van der Waals surface area contributed by atoms with Crippen molar-refractivity contribution in [3.05, 3.63) is 62.4 Å². The van der Waals surface area contributed by atoms with Crippen molar-refractivity contribution < 1.29 is 0 Å². The maximum Gasteiger partial charge on any atom is 0.110 e. The second-order valence-electron chi connectivity index (χ2n) is 9.42. The number of nitrogens with zero attached hydrogens (tertiary/aromatic N) is 7. The summed E-state index contributed by atoms with van der Waals surface area (Å²) < 4.78 is 0. The molecule has 4 aromatic heterocycles. The van der Waals surface area contributed by atoms with Crippen molar-refractivity contribution in [3.8, 4) is 34.0 Å². The van der Waals surface area contributed by atoms with Crippen molar-refractivity contribution in [1.82, 2.24) is 34.9 Å². The maximum absolute atomic E-state index is 5.18. The molecule has 4 rings (SSSR count). The van der Waals surface area contributed by atoms with E-state index in [9.17, 15) is 0 Å². The van der Waals surface area contributed by atoms with Crippen LogP contribution in [0.25, 0.3) is 34.0 Å². The summed E-state index contributed by atoms with van der Waals surface area (Å²) in [6, 6.07) is 0. The maximum atomic E-state index is 5.18. The van der Waals surface area contributed by atoms with E-state index in [1.54, 1.807) is 0 Å². The molecule has 0 aliphatic carbocycles. The Morgan fingerprint density at radius 2 is 0.543 bits per heavy atom. The van der Waals surface area contributed by atoms with Gasteiger partial charge in [0.05, 0.1) is 68.3 Å². The molecule has 0 amide bonds. The predicted molar refractivity (Wildman–Crippen MR) is 139 cm³/mol. The normalized spacial score (nSPS) is 11.3. The molecule has 0 aliphatic heterocycles. The molecule has 0 bridgehead atoms. The first kappa shape index (κ1) is 24.5. The Hall–Kier alpha value is -3.61. The van der Waals surface area contributed by atoms with E-state index in [1.807, 2.05) is 62.3 Å². The van der Waals surface area contributed by atoms with Crippen molar-refractivity contribution in [1.29, 1.82) is 0 Å². The molecule has 0 fully saturated rings. The molecule has 0 unspecified atom stereocenters. The SMILES string of the molecule is Cc1nc(C)c(-c2nc(-c3nc(C)c(C)nc3C)c(C)c(-c3nc(C)c(C)nc3C)c2C)nc1C. The van der Waals surface area contributed by atoms with Gasteiger partial charge in [0.25, 0.3) is 0 Å². The first-order valence-corrected chi connectivity index (χ1v) is 11.9. The molecule has 0 radical (unpaired) electrons. The lowest BCUT2D eigenvalue weighted by molar-refractivity contribution is 0.982. The van der Waals surface area contributed by atoms with Gasteiger partial charge in [0.2, 0.25) is 0 Å². The second kappa shape index (κ2) is 8.87. The first-order chi connectivity index (χ1) is 16.4. The van der Waals surface area contributed by atoms with Crippen LogP contribution in [0.15, 0.2) is 0 Å². The van der Waals surface area contributed by atoms with Crippen molar-refractivity contribution in [3.63, 3.8) is 0 Å². The Morgan fingerprint density at radius 1 is 0.257 bits per heavy atom. The van der Waals surface area contributed by atoms with E-state index in [0.29, 0.717) is 0 Å². The van der Waals surface area contributed by atoms with E-state index in [4.69, 9.17) is 34.9 Å². The van der Waals surface area contributed by atoms with E-state index in [-0.39, 0.29) is 0 Å². The molecule has 0 saturated carbocycles. The molecule has 0 spiro atoms. The third-order valence-corrected chi connectivity index (χ3v) is 6.81. The highest BCUT2D eigenvalue weighted by molar-refractivity contribution is 5.83. The summed E-state index contributed by atoms with van der Waals surface area (Å²) in [6.45, 7) is 22.1. The van der Waals surface area contributed by atoms with Gasteiger partial charge in [-0.05, 0) is 87.3 Å². The molecule has 4 heterocycles. The summed E-state index contributed by atoms with van der Waals surface area (Å²) in [5.74, 6) is 0. The molecule has 0 aromatic carbocycles. The molecule has 0 saturated heterocycles. The summed E-state index contributed by atoms with van der Waals surface area (Å²) in [6.07, 6.45) is 0. The summed E-state index contributed by atoms with van der Waals surface area (Å²) in [7, 11) is 0. The van der Waals surface area contributed by atoms with E-state index in [0.717, 1.165) is 96.4 Å². The van der Waals surface area contributed by atoms with Gasteiger partial charge < -0.3 is 0 Å². The van der Waals surface area contributed by atoms with Gasteiger partial charge in [-0.1, -0.05) is 0 Å². The molecule has 0 atom stereocenters. The summed E-state index contributed by atoms with van der Waals surface area (Å²) >= 11 is 0. The fraction of sp³-hybridized carbons (Fsp3) is 0.393. The minimum Gasteiger partial charge on any atom is -0.254 e. The van der Waals surface area contributed by atoms with Crippen molar-refractivity contribution in [2.24, 2.45) is 0 Å². The summed E-state index contributed by atoms with van der Waals surface area (Å²) in [5, 5.41) is 0. The third-order valence-electron chi connectivity index (χ3n) is 6.81. The third kappa shape index (κ3) is 4.20. The molecule has 35 heavy (non-hydrogen) atoms. The molecule has 4 aromatic rings. The van der Waals surface area contributed by atoms with Crippen LogP contribution in [0.1, 0.15) is 62.4 Å². The lowest BCUT2D eigenvalue weighted by Gasteiger charge is -2.20. The predicted octanol–water partition coefficient (Wildman–Crippen LogP) is 5.85. The summed E-state index contributed by atoms with van der Waals surface area (Å²) in [5.41, 5.74) is 15.0. The van der Waals surface area contributed by atoms with Gasteiger partial charge in [-0.15, -0.1) is 0 Å². The monoisotopic (exact) mass is 467 g/mol. The fourth-order valence-electron chi connectivity index (χ4n) is 4.44. The van der Waals surface area contributed by atoms with Crippen molar-refractivity contribution in [2.75, 3.05) is 0 Å².